The monoisotopic (exact) mass is 470 g/mol. The molecule has 34 heavy (non-hydrogen) atoms. The highest BCUT2D eigenvalue weighted by atomic mass is 19.2. The number of hydrogen-bond donors (Lipinski definition) is 4. The van der Waals surface area contributed by atoms with Crippen LogP contribution in [0.5, 0.6) is 0 Å². The lowest BCUT2D eigenvalue weighted by molar-refractivity contribution is -0.139. The van der Waals surface area contributed by atoms with Crippen LogP contribution in [0.1, 0.15) is 43.6 Å². The van der Waals surface area contributed by atoms with Crippen LogP contribution in [0.3, 0.4) is 0 Å². The first-order chi connectivity index (χ1) is 16.3. The van der Waals surface area contributed by atoms with Gasteiger partial charge in [0.05, 0.1) is 11.6 Å². The summed E-state index contributed by atoms with van der Waals surface area (Å²) in [5.74, 6) is -2.91. The summed E-state index contributed by atoms with van der Waals surface area (Å²) >= 11 is 0. The highest BCUT2D eigenvalue weighted by Crippen LogP contribution is 2.63. The van der Waals surface area contributed by atoms with Gasteiger partial charge in [0.15, 0.2) is 11.6 Å². The molecular formula is C24H24F2N4O4. The van der Waals surface area contributed by atoms with Crippen molar-refractivity contribution in [1.82, 2.24) is 10.9 Å². The zero-order valence-corrected chi connectivity index (χ0v) is 18.2. The molecule has 0 bridgehead atoms. The van der Waals surface area contributed by atoms with E-state index in [4.69, 9.17) is 4.74 Å². The Morgan fingerprint density at radius 2 is 1.82 bits per heavy atom. The van der Waals surface area contributed by atoms with Crippen LogP contribution in [0.25, 0.3) is 0 Å². The van der Waals surface area contributed by atoms with Gasteiger partial charge in [-0.3, -0.25) is 15.0 Å². The Morgan fingerprint density at radius 3 is 2.47 bits per heavy atom. The first-order valence-corrected chi connectivity index (χ1v) is 11.2. The number of aliphatic imine (C=N–C) groups is 1. The zero-order valence-electron chi connectivity index (χ0n) is 18.2. The molecule has 10 heteroatoms. The van der Waals surface area contributed by atoms with E-state index in [1.165, 1.54) is 11.6 Å². The van der Waals surface area contributed by atoms with Crippen LogP contribution in [0.2, 0.25) is 0 Å². The lowest BCUT2D eigenvalue weighted by Crippen LogP contribution is -2.40. The number of carbonyl (C=O) groups excluding carboxylic acids is 1. The first kappa shape index (κ1) is 22.3. The minimum absolute atomic E-state index is 0.0194. The van der Waals surface area contributed by atoms with Gasteiger partial charge in [-0.1, -0.05) is 12.1 Å². The van der Waals surface area contributed by atoms with Gasteiger partial charge in [-0.25, -0.2) is 8.78 Å². The number of amidine groups is 1. The Kier molecular flexibility index (Phi) is 5.68. The van der Waals surface area contributed by atoms with Crippen LogP contribution in [0.15, 0.2) is 47.5 Å². The molecule has 3 aliphatic rings. The molecule has 0 radical (unpaired) electrons. The number of nitrogens with zero attached hydrogens (tertiary/aromatic N) is 1. The Balaban J connectivity index is 1.13. The third kappa shape index (κ3) is 4.45. The lowest BCUT2D eigenvalue weighted by Gasteiger charge is -2.29. The van der Waals surface area contributed by atoms with Crippen LogP contribution in [-0.2, 0) is 14.3 Å². The third-order valence-corrected chi connectivity index (χ3v) is 7.03. The lowest BCUT2D eigenvalue weighted by atomic mass is 9.76. The van der Waals surface area contributed by atoms with Crippen molar-refractivity contribution in [2.45, 2.75) is 44.2 Å². The third-order valence-electron chi connectivity index (χ3n) is 7.03. The van der Waals surface area contributed by atoms with E-state index in [2.05, 4.69) is 21.2 Å². The highest BCUT2D eigenvalue weighted by molar-refractivity contribution is 5.96. The number of halogens is 2. The maximum absolute atomic E-state index is 13.3. The predicted molar refractivity (Wildman–Crippen MR) is 119 cm³/mol. The number of benzene rings is 2. The summed E-state index contributed by atoms with van der Waals surface area (Å²) in [6.07, 6.45) is 3.58. The summed E-state index contributed by atoms with van der Waals surface area (Å²) < 4.78 is 31.8. The summed E-state index contributed by atoms with van der Waals surface area (Å²) in [6, 6.07) is 10.7. The van der Waals surface area contributed by atoms with Crippen molar-refractivity contribution in [2.75, 3.05) is 5.32 Å². The van der Waals surface area contributed by atoms with E-state index in [-0.39, 0.29) is 23.0 Å². The number of hydrogen-bond acceptors (Lipinski definition) is 5. The maximum Gasteiger partial charge on any atom is 0.307 e. The highest BCUT2D eigenvalue weighted by Gasteiger charge is 2.58. The SMILES string of the molecule is O=C(Nc1ccc(C2CCC3(CC2)CC3C(=O)O)cc1)C1NNC(=Nc2ccc(F)c(F)c2)O1. The van der Waals surface area contributed by atoms with Crippen molar-refractivity contribution in [2.24, 2.45) is 16.3 Å². The molecule has 8 nitrogen and oxygen atoms in total. The number of aliphatic carboxylic acids is 1. The van der Waals surface area contributed by atoms with Gasteiger partial charge in [0.2, 0.25) is 6.23 Å². The number of amides is 1. The van der Waals surface area contributed by atoms with E-state index in [0.29, 0.717) is 11.6 Å². The zero-order chi connectivity index (χ0) is 23.9. The standard InChI is InChI=1S/C24H24F2N4O4/c25-18-6-5-16(11-19(18)26)28-23-30-29-21(34-23)20(31)27-15-3-1-13(2-4-15)14-7-9-24(10-8-14)12-17(24)22(32)33/h1-6,11,14,17,21,29H,7-10,12H2,(H,27,31)(H,28,30)(H,32,33). The average Bonchev–Trinajstić information content (AvgIpc) is 3.32. The molecule has 2 aliphatic carbocycles. The molecule has 2 saturated carbocycles. The molecule has 4 N–H and O–H groups in total. The number of carboxylic acids is 1. The Labute approximate surface area is 194 Å². The fraction of sp³-hybridized carbons (Fsp3) is 0.375. The fourth-order valence-electron chi connectivity index (χ4n) is 4.96. The van der Waals surface area contributed by atoms with Gasteiger partial charge >= 0.3 is 12.0 Å². The van der Waals surface area contributed by atoms with E-state index < -0.39 is 29.7 Å². The van der Waals surface area contributed by atoms with Crippen molar-refractivity contribution in [3.63, 3.8) is 0 Å². The number of anilines is 1. The number of carbonyl (C=O) groups is 2. The molecule has 2 unspecified atom stereocenters. The topological polar surface area (TPSA) is 112 Å². The summed E-state index contributed by atoms with van der Waals surface area (Å²) in [5.41, 5.74) is 7.16. The van der Waals surface area contributed by atoms with E-state index in [1.807, 2.05) is 24.3 Å². The number of ether oxygens (including phenoxy) is 1. The van der Waals surface area contributed by atoms with Gasteiger partial charge in [-0.05, 0) is 73.3 Å². The molecule has 1 saturated heterocycles. The van der Waals surface area contributed by atoms with Crippen molar-refractivity contribution in [3.8, 4) is 0 Å². The van der Waals surface area contributed by atoms with Crippen molar-refractivity contribution in [3.05, 3.63) is 59.7 Å². The Hall–Kier alpha value is -3.53. The number of rotatable bonds is 5. The van der Waals surface area contributed by atoms with Gasteiger partial charge in [-0.15, -0.1) is 0 Å². The molecule has 178 valence electrons. The van der Waals surface area contributed by atoms with Crippen molar-refractivity contribution in [1.29, 1.82) is 0 Å². The quantitative estimate of drug-likeness (QED) is 0.529. The van der Waals surface area contributed by atoms with E-state index in [9.17, 15) is 23.5 Å². The van der Waals surface area contributed by atoms with Crippen LogP contribution < -0.4 is 16.2 Å². The number of hydrazine groups is 1. The van der Waals surface area contributed by atoms with E-state index >= 15 is 0 Å². The Morgan fingerprint density at radius 1 is 1.09 bits per heavy atom. The molecular weight excluding hydrogens is 446 g/mol. The second-order valence-electron chi connectivity index (χ2n) is 9.13. The van der Waals surface area contributed by atoms with Crippen LogP contribution in [0.4, 0.5) is 20.2 Å². The molecule has 1 amide bonds. The molecule has 2 atom stereocenters. The van der Waals surface area contributed by atoms with Gasteiger partial charge in [0.25, 0.3) is 5.91 Å². The first-order valence-electron chi connectivity index (χ1n) is 11.2. The summed E-state index contributed by atoms with van der Waals surface area (Å²) in [4.78, 5) is 27.8. The van der Waals surface area contributed by atoms with E-state index in [1.54, 1.807) is 0 Å². The maximum atomic E-state index is 13.3. The van der Waals surface area contributed by atoms with E-state index in [0.717, 1.165) is 44.2 Å². The molecule has 2 aromatic rings. The van der Waals surface area contributed by atoms with Crippen LogP contribution in [0, 0.1) is 23.0 Å². The molecule has 1 spiro atoms. The summed E-state index contributed by atoms with van der Waals surface area (Å²) in [7, 11) is 0. The molecule has 1 aliphatic heterocycles. The van der Waals surface area contributed by atoms with Crippen molar-refractivity contribution >= 4 is 29.3 Å². The molecule has 5 rings (SSSR count). The van der Waals surface area contributed by atoms with Crippen LogP contribution >= 0.6 is 0 Å². The van der Waals surface area contributed by atoms with Crippen LogP contribution in [-0.4, -0.2) is 29.2 Å². The second kappa shape index (κ2) is 8.68. The average molecular weight is 470 g/mol. The summed E-state index contributed by atoms with van der Waals surface area (Å²) in [5, 5.41) is 12.0. The molecule has 3 fully saturated rings. The molecule has 0 aromatic heterocycles. The molecule has 1 heterocycles. The fourth-order valence-corrected chi connectivity index (χ4v) is 4.96. The number of carboxylic acid groups (broad SMARTS) is 1. The van der Waals surface area contributed by atoms with Gasteiger partial charge in [0.1, 0.15) is 0 Å². The predicted octanol–water partition coefficient (Wildman–Crippen LogP) is 3.79. The molecule has 2 aromatic carbocycles. The van der Waals surface area contributed by atoms with Gasteiger partial charge in [-0.2, -0.15) is 10.4 Å². The second-order valence-corrected chi connectivity index (χ2v) is 9.13. The minimum atomic E-state index is -1.06. The largest absolute Gasteiger partial charge is 0.481 e. The van der Waals surface area contributed by atoms with Gasteiger partial charge < -0.3 is 15.2 Å². The summed E-state index contributed by atoms with van der Waals surface area (Å²) in [6.45, 7) is 0. The minimum Gasteiger partial charge on any atom is -0.481 e. The number of nitrogens with one attached hydrogen (secondary N) is 3. The smallest absolute Gasteiger partial charge is 0.307 e. The Bertz CT molecular complexity index is 1150. The van der Waals surface area contributed by atoms with Crippen molar-refractivity contribution < 1.29 is 28.2 Å². The normalized spacial score (nSPS) is 28.9. The van der Waals surface area contributed by atoms with Gasteiger partial charge in [0, 0.05) is 11.8 Å².